The number of nitro groups is 1. The molecular weight excluding hydrogens is 474 g/mol. The number of nitrogens with one attached hydrogen (secondary N) is 1. The SMILES string of the molecule is Cc1nn(CCC(=O)Nc2c(C(N)=O)sc3nc(C(F)F)cc(-c4ccco4)c23)cc1[N+](=O)[O-]. The van der Waals surface area contributed by atoms with Crippen LogP contribution in [0.3, 0.4) is 0 Å². The molecule has 0 fully saturated rings. The van der Waals surface area contributed by atoms with Gasteiger partial charge in [0.1, 0.15) is 33.1 Å². The number of nitrogens with two attached hydrogens (primary N) is 1. The number of anilines is 1. The van der Waals surface area contributed by atoms with Gasteiger partial charge in [-0.2, -0.15) is 5.10 Å². The van der Waals surface area contributed by atoms with E-state index in [9.17, 15) is 28.5 Å². The van der Waals surface area contributed by atoms with Crippen LogP contribution in [0, 0.1) is 17.0 Å². The van der Waals surface area contributed by atoms with E-state index >= 15 is 0 Å². The summed E-state index contributed by atoms with van der Waals surface area (Å²) in [7, 11) is 0. The van der Waals surface area contributed by atoms with Gasteiger partial charge in [0.15, 0.2) is 0 Å². The molecule has 0 spiro atoms. The van der Waals surface area contributed by atoms with Gasteiger partial charge in [-0.15, -0.1) is 11.3 Å². The summed E-state index contributed by atoms with van der Waals surface area (Å²) in [4.78, 5) is 39.1. The number of rotatable bonds is 8. The maximum absolute atomic E-state index is 13.4. The maximum atomic E-state index is 13.4. The first-order valence-corrected chi connectivity index (χ1v) is 10.5. The van der Waals surface area contributed by atoms with Crippen molar-refractivity contribution < 1.29 is 27.7 Å². The molecule has 0 aliphatic carbocycles. The molecule has 0 saturated carbocycles. The number of nitrogens with zero attached hydrogens (tertiary/aromatic N) is 4. The van der Waals surface area contributed by atoms with Gasteiger partial charge in [0.2, 0.25) is 5.91 Å². The van der Waals surface area contributed by atoms with Crippen LogP contribution in [0.15, 0.2) is 35.1 Å². The van der Waals surface area contributed by atoms with Gasteiger partial charge in [-0.3, -0.25) is 24.4 Å². The lowest BCUT2D eigenvalue weighted by Gasteiger charge is -2.09. The van der Waals surface area contributed by atoms with Gasteiger partial charge in [-0.05, 0) is 25.1 Å². The summed E-state index contributed by atoms with van der Waals surface area (Å²) in [6.45, 7) is 1.50. The molecule has 0 aliphatic rings. The quantitative estimate of drug-likeness (QED) is 0.278. The summed E-state index contributed by atoms with van der Waals surface area (Å²) in [6, 6.07) is 4.24. The molecule has 11 nitrogen and oxygen atoms in total. The average Bonchev–Trinajstić information content (AvgIpc) is 3.50. The number of pyridine rings is 1. The van der Waals surface area contributed by atoms with E-state index in [1.165, 1.54) is 24.1 Å². The molecular formula is C20H16F2N6O5S. The zero-order valence-corrected chi connectivity index (χ0v) is 18.3. The van der Waals surface area contributed by atoms with Crippen molar-refractivity contribution in [2.45, 2.75) is 26.3 Å². The zero-order chi connectivity index (χ0) is 24.6. The fourth-order valence-electron chi connectivity index (χ4n) is 3.37. The molecule has 176 valence electrons. The number of carbonyl (C=O) groups is 2. The van der Waals surface area contributed by atoms with E-state index in [-0.39, 0.29) is 56.5 Å². The lowest BCUT2D eigenvalue weighted by atomic mass is 10.1. The molecule has 0 aliphatic heterocycles. The number of aryl methyl sites for hydroxylation is 2. The minimum Gasteiger partial charge on any atom is -0.464 e. The molecule has 34 heavy (non-hydrogen) atoms. The Hall–Kier alpha value is -4.20. The first kappa shape index (κ1) is 23.0. The zero-order valence-electron chi connectivity index (χ0n) is 17.4. The molecule has 0 unspecified atom stereocenters. The third kappa shape index (κ3) is 4.34. The summed E-state index contributed by atoms with van der Waals surface area (Å²) in [5.41, 5.74) is 5.22. The minimum atomic E-state index is -2.88. The molecule has 0 radical (unpaired) electrons. The van der Waals surface area contributed by atoms with Gasteiger partial charge >= 0.3 is 5.69 Å². The second kappa shape index (κ2) is 8.97. The topological polar surface area (TPSA) is 159 Å². The predicted octanol–water partition coefficient (Wildman–Crippen LogP) is 4.03. The van der Waals surface area contributed by atoms with Crippen molar-refractivity contribution in [2.24, 2.45) is 5.73 Å². The Morgan fingerprint density at radius 3 is 2.76 bits per heavy atom. The van der Waals surface area contributed by atoms with Crippen molar-refractivity contribution in [2.75, 3.05) is 5.32 Å². The van der Waals surface area contributed by atoms with Crippen LogP contribution >= 0.6 is 11.3 Å². The number of amides is 2. The van der Waals surface area contributed by atoms with E-state index in [1.54, 1.807) is 12.1 Å². The highest BCUT2D eigenvalue weighted by Gasteiger charge is 2.26. The van der Waals surface area contributed by atoms with Crippen molar-refractivity contribution in [1.29, 1.82) is 0 Å². The summed E-state index contributed by atoms with van der Waals surface area (Å²) in [6.07, 6.45) is -0.458. The molecule has 4 heterocycles. The standard InChI is InChI=1S/C20H16F2N6O5S/c1-9-12(28(31)32)8-27(26-9)5-4-14(29)25-16-15-10(13-3-2-6-33-13)7-11(18(21)22)24-20(15)34-17(16)19(23)30/h2-3,6-8,18H,4-5H2,1H3,(H2,23,30)(H,25,29). The molecule has 14 heteroatoms. The van der Waals surface area contributed by atoms with E-state index in [2.05, 4.69) is 15.4 Å². The summed E-state index contributed by atoms with van der Waals surface area (Å²) in [5.74, 6) is -1.19. The second-order valence-corrected chi connectivity index (χ2v) is 8.14. The number of alkyl halides is 2. The average molecular weight is 490 g/mol. The Bertz CT molecular complexity index is 1410. The van der Waals surface area contributed by atoms with Crippen molar-refractivity contribution in [3.63, 3.8) is 0 Å². The van der Waals surface area contributed by atoms with E-state index < -0.39 is 28.9 Å². The van der Waals surface area contributed by atoms with Crippen LogP contribution in [-0.4, -0.2) is 31.5 Å². The highest BCUT2D eigenvalue weighted by atomic mass is 32.1. The van der Waals surface area contributed by atoms with Crippen LogP contribution in [0.5, 0.6) is 0 Å². The molecule has 0 atom stereocenters. The lowest BCUT2D eigenvalue weighted by Crippen LogP contribution is -2.18. The highest BCUT2D eigenvalue weighted by molar-refractivity contribution is 7.21. The van der Waals surface area contributed by atoms with Gasteiger partial charge < -0.3 is 15.5 Å². The molecule has 4 rings (SSSR count). The number of halogens is 2. The van der Waals surface area contributed by atoms with Gasteiger partial charge in [0.05, 0.1) is 16.9 Å². The number of fused-ring (bicyclic) bond motifs is 1. The Kier molecular flexibility index (Phi) is 6.06. The molecule has 4 aromatic heterocycles. The highest BCUT2D eigenvalue weighted by Crippen LogP contribution is 2.42. The Morgan fingerprint density at radius 1 is 1.41 bits per heavy atom. The van der Waals surface area contributed by atoms with Crippen molar-refractivity contribution in [1.82, 2.24) is 14.8 Å². The third-order valence-corrected chi connectivity index (χ3v) is 5.96. The van der Waals surface area contributed by atoms with Crippen molar-refractivity contribution >= 4 is 44.7 Å². The van der Waals surface area contributed by atoms with Crippen molar-refractivity contribution in [3.8, 4) is 11.3 Å². The lowest BCUT2D eigenvalue weighted by molar-refractivity contribution is -0.385. The second-order valence-electron chi connectivity index (χ2n) is 7.14. The molecule has 0 aromatic carbocycles. The molecule has 4 aromatic rings. The number of hydrogen-bond donors (Lipinski definition) is 2. The smallest absolute Gasteiger partial charge is 0.309 e. The number of primary amides is 1. The molecule has 2 amide bonds. The predicted molar refractivity (Wildman–Crippen MR) is 118 cm³/mol. The van der Waals surface area contributed by atoms with E-state index in [1.807, 2.05) is 0 Å². The summed E-state index contributed by atoms with van der Waals surface area (Å²) < 4.78 is 33.5. The summed E-state index contributed by atoms with van der Waals surface area (Å²) >= 11 is 0.772. The first-order chi connectivity index (χ1) is 16.2. The Balaban J connectivity index is 1.70. The normalized spacial score (nSPS) is 11.3. The maximum Gasteiger partial charge on any atom is 0.309 e. The van der Waals surface area contributed by atoms with Gasteiger partial charge in [-0.1, -0.05) is 0 Å². The molecule has 0 saturated heterocycles. The van der Waals surface area contributed by atoms with E-state index in [0.29, 0.717) is 0 Å². The fourth-order valence-corrected chi connectivity index (χ4v) is 4.38. The molecule has 3 N–H and O–H groups in total. The largest absolute Gasteiger partial charge is 0.464 e. The first-order valence-electron chi connectivity index (χ1n) is 9.73. The number of hydrogen-bond acceptors (Lipinski definition) is 8. The Labute approximate surface area is 193 Å². The molecule has 0 bridgehead atoms. The van der Waals surface area contributed by atoms with Gasteiger partial charge in [-0.25, -0.2) is 13.8 Å². The monoisotopic (exact) mass is 490 g/mol. The number of aromatic nitrogens is 3. The van der Waals surface area contributed by atoms with Gasteiger partial charge in [0.25, 0.3) is 12.3 Å². The number of carbonyl (C=O) groups excluding carboxylic acids is 2. The third-order valence-electron chi connectivity index (χ3n) is 4.87. The van der Waals surface area contributed by atoms with E-state index in [4.69, 9.17) is 10.2 Å². The van der Waals surface area contributed by atoms with Crippen LogP contribution in [0.1, 0.15) is 33.9 Å². The summed E-state index contributed by atoms with van der Waals surface area (Å²) in [5, 5.41) is 17.8. The number of thiophene rings is 1. The Morgan fingerprint density at radius 2 is 2.18 bits per heavy atom. The van der Waals surface area contributed by atoms with E-state index in [0.717, 1.165) is 17.4 Å². The van der Waals surface area contributed by atoms with Crippen molar-refractivity contribution in [3.05, 3.63) is 57.0 Å². The fraction of sp³-hybridized carbons (Fsp3) is 0.200. The van der Waals surface area contributed by atoms with Crippen LogP contribution in [-0.2, 0) is 11.3 Å². The van der Waals surface area contributed by atoms with Crippen LogP contribution in [0.25, 0.3) is 21.5 Å². The minimum absolute atomic E-state index is 0.0211. The van der Waals surface area contributed by atoms with Crippen LogP contribution in [0.4, 0.5) is 20.2 Å². The van der Waals surface area contributed by atoms with Gasteiger partial charge in [0, 0.05) is 23.9 Å². The van der Waals surface area contributed by atoms with Crippen LogP contribution < -0.4 is 11.1 Å². The van der Waals surface area contributed by atoms with Crippen LogP contribution in [0.2, 0.25) is 0 Å². The number of furan rings is 1.